The summed E-state index contributed by atoms with van der Waals surface area (Å²) >= 11 is 0. The molecule has 1 fully saturated rings. The summed E-state index contributed by atoms with van der Waals surface area (Å²) in [7, 11) is 0. The Labute approximate surface area is 224 Å². The number of nitrogens with one attached hydrogen (secondary N) is 2. The van der Waals surface area contributed by atoms with Crippen molar-refractivity contribution in [1.29, 1.82) is 0 Å². The molecular weight excluding hydrogens is 489 g/mol. The third kappa shape index (κ3) is 6.85. The fourth-order valence-electron chi connectivity index (χ4n) is 5.53. The second-order valence-electron chi connectivity index (χ2n) is 11.5. The number of benzene rings is 2. The van der Waals surface area contributed by atoms with E-state index in [1.165, 1.54) is 12.1 Å². The van der Waals surface area contributed by atoms with Crippen LogP contribution in [0.1, 0.15) is 82.3 Å². The highest BCUT2D eigenvalue weighted by molar-refractivity contribution is 5.94. The number of halogens is 3. The van der Waals surface area contributed by atoms with Gasteiger partial charge in [0.05, 0.1) is 0 Å². The molecule has 2 aromatic carbocycles. The van der Waals surface area contributed by atoms with Crippen molar-refractivity contribution in [1.82, 2.24) is 10.6 Å². The summed E-state index contributed by atoms with van der Waals surface area (Å²) in [6.07, 6.45) is 2.42. The van der Waals surface area contributed by atoms with Crippen LogP contribution in [0.2, 0.25) is 0 Å². The van der Waals surface area contributed by atoms with Crippen molar-refractivity contribution in [2.24, 2.45) is 23.7 Å². The van der Waals surface area contributed by atoms with Crippen molar-refractivity contribution in [2.75, 3.05) is 0 Å². The highest BCUT2D eigenvalue weighted by Crippen LogP contribution is 2.37. The van der Waals surface area contributed by atoms with Gasteiger partial charge in [-0.3, -0.25) is 9.59 Å². The van der Waals surface area contributed by atoms with Crippen LogP contribution in [-0.2, 0) is 17.8 Å². The zero-order chi connectivity index (χ0) is 28.2. The number of rotatable bonds is 9. The Morgan fingerprint density at radius 2 is 1.79 bits per heavy atom. The van der Waals surface area contributed by atoms with E-state index >= 15 is 0 Å². The summed E-state index contributed by atoms with van der Waals surface area (Å²) in [5.74, 6) is -1.91. The zero-order valence-corrected chi connectivity index (χ0v) is 23.3. The SMILES string of the molecule is CCC(C)C1NC(C)(C(C)C)CC(=O)C(CCc2cc(F)cc(C(=O)NCc3c(F)cccc3F)c2)C1C. The second-order valence-corrected chi connectivity index (χ2v) is 11.5. The van der Waals surface area contributed by atoms with E-state index in [4.69, 9.17) is 0 Å². The number of ketones is 1. The Morgan fingerprint density at radius 1 is 1.13 bits per heavy atom. The molecule has 0 bridgehead atoms. The Bertz CT molecular complexity index is 1130. The van der Waals surface area contributed by atoms with Gasteiger partial charge >= 0.3 is 0 Å². The number of Topliss-reactive ketones (excluding diaryl/α,β-unsaturated/α-hetero) is 1. The topological polar surface area (TPSA) is 58.2 Å². The number of hydrogen-bond donors (Lipinski definition) is 2. The van der Waals surface area contributed by atoms with Crippen molar-refractivity contribution in [3.8, 4) is 0 Å². The lowest BCUT2D eigenvalue weighted by Crippen LogP contribution is -2.54. The molecule has 1 aliphatic heterocycles. The molecule has 2 aromatic rings. The third-order valence-electron chi connectivity index (χ3n) is 8.64. The lowest BCUT2D eigenvalue weighted by atomic mass is 9.77. The van der Waals surface area contributed by atoms with Crippen molar-refractivity contribution in [3.63, 3.8) is 0 Å². The van der Waals surface area contributed by atoms with Crippen LogP contribution in [0.3, 0.4) is 0 Å². The first-order valence-corrected chi connectivity index (χ1v) is 13.7. The van der Waals surface area contributed by atoms with Crippen LogP contribution in [0, 0.1) is 41.1 Å². The summed E-state index contributed by atoms with van der Waals surface area (Å²) in [4.78, 5) is 26.2. The van der Waals surface area contributed by atoms with E-state index in [0.717, 1.165) is 24.6 Å². The standard InChI is InChI=1S/C31H41F3N2O2/c1-7-19(4)29-20(5)24(28(37)16-31(6,36-29)18(2)3)12-11-21-13-22(15-23(32)14-21)30(38)35-17-25-26(33)9-8-10-27(25)34/h8-10,13-15,18-20,24,29,36H,7,11-12,16-17H2,1-6H3,(H,35,38). The molecule has 0 spiro atoms. The Morgan fingerprint density at radius 3 is 2.39 bits per heavy atom. The van der Waals surface area contributed by atoms with Gasteiger partial charge in [-0.1, -0.05) is 47.1 Å². The number of amides is 1. The molecule has 7 heteroatoms. The minimum atomic E-state index is -0.758. The predicted octanol–water partition coefficient (Wildman–Crippen LogP) is 6.61. The smallest absolute Gasteiger partial charge is 0.251 e. The lowest BCUT2D eigenvalue weighted by molar-refractivity contribution is -0.125. The molecule has 2 N–H and O–H groups in total. The highest BCUT2D eigenvalue weighted by Gasteiger charge is 2.44. The summed E-state index contributed by atoms with van der Waals surface area (Å²) in [6, 6.07) is 7.73. The van der Waals surface area contributed by atoms with Crippen molar-refractivity contribution in [2.45, 2.75) is 85.4 Å². The predicted molar refractivity (Wildman–Crippen MR) is 144 cm³/mol. The molecule has 0 aliphatic carbocycles. The average molecular weight is 531 g/mol. The molecule has 0 radical (unpaired) electrons. The van der Waals surface area contributed by atoms with E-state index in [1.807, 2.05) is 0 Å². The van der Waals surface area contributed by atoms with Crippen LogP contribution in [0.15, 0.2) is 36.4 Å². The molecule has 208 valence electrons. The number of carbonyl (C=O) groups is 2. The first-order valence-electron chi connectivity index (χ1n) is 13.7. The minimum Gasteiger partial charge on any atom is -0.348 e. The summed E-state index contributed by atoms with van der Waals surface area (Å²) in [6.45, 7) is 12.6. The monoisotopic (exact) mass is 530 g/mol. The highest BCUT2D eigenvalue weighted by atomic mass is 19.1. The first-order chi connectivity index (χ1) is 17.9. The fourth-order valence-corrected chi connectivity index (χ4v) is 5.53. The fraction of sp³-hybridized carbons (Fsp3) is 0.548. The van der Waals surface area contributed by atoms with Gasteiger partial charge in [0.1, 0.15) is 23.2 Å². The Kier molecular flexibility index (Phi) is 9.80. The lowest BCUT2D eigenvalue weighted by Gasteiger charge is -2.40. The van der Waals surface area contributed by atoms with Crippen LogP contribution in [0.5, 0.6) is 0 Å². The average Bonchev–Trinajstić information content (AvgIpc) is 2.95. The van der Waals surface area contributed by atoms with Gasteiger partial charge < -0.3 is 10.6 Å². The van der Waals surface area contributed by atoms with Crippen LogP contribution in [0.4, 0.5) is 13.2 Å². The number of aryl methyl sites for hydroxylation is 1. The Balaban J connectivity index is 1.76. The van der Waals surface area contributed by atoms with E-state index in [0.29, 0.717) is 30.7 Å². The molecule has 4 nitrogen and oxygen atoms in total. The molecule has 3 rings (SSSR count). The van der Waals surface area contributed by atoms with Gasteiger partial charge in [-0.25, -0.2) is 13.2 Å². The van der Waals surface area contributed by atoms with Crippen molar-refractivity contribution < 1.29 is 22.8 Å². The molecule has 5 unspecified atom stereocenters. The van der Waals surface area contributed by atoms with Crippen molar-refractivity contribution in [3.05, 3.63) is 70.5 Å². The molecule has 0 saturated carbocycles. The maximum Gasteiger partial charge on any atom is 0.251 e. The maximum atomic E-state index is 14.5. The van der Waals surface area contributed by atoms with Gasteiger partial charge in [0.25, 0.3) is 5.91 Å². The van der Waals surface area contributed by atoms with Gasteiger partial charge in [-0.15, -0.1) is 0 Å². The Hall–Kier alpha value is -2.67. The van der Waals surface area contributed by atoms with E-state index in [1.54, 1.807) is 6.07 Å². The molecular formula is C31H41F3N2O2. The van der Waals surface area contributed by atoms with E-state index in [-0.39, 0.29) is 52.8 Å². The molecule has 38 heavy (non-hydrogen) atoms. The molecule has 1 aliphatic rings. The minimum absolute atomic E-state index is 0.0727. The molecule has 1 heterocycles. The normalized spacial score (nSPS) is 24.8. The zero-order valence-electron chi connectivity index (χ0n) is 23.3. The first kappa shape index (κ1) is 29.9. The number of hydrogen-bond acceptors (Lipinski definition) is 3. The van der Waals surface area contributed by atoms with Crippen LogP contribution in [0.25, 0.3) is 0 Å². The van der Waals surface area contributed by atoms with Crippen LogP contribution >= 0.6 is 0 Å². The van der Waals surface area contributed by atoms with E-state index < -0.39 is 23.4 Å². The molecule has 5 atom stereocenters. The number of carbonyl (C=O) groups excluding carboxylic acids is 2. The van der Waals surface area contributed by atoms with Gasteiger partial charge in [0.2, 0.25) is 0 Å². The summed E-state index contributed by atoms with van der Waals surface area (Å²) in [5.41, 5.74) is 0.131. The van der Waals surface area contributed by atoms with Crippen LogP contribution in [-0.4, -0.2) is 23.3 Å². The van der Waals surface area contributed by atoms with Gasteiger partial charge in [0.15, 0.2) is 0 Å². The summed E-state index contributed by atoms with van der Waals surface area (Å²) in [5, 5.41) is 6.31. The largest absolute Gasteiger partial charge is 0.348 e. The summed E-state index contributed by atoms with van der Waals surface area (Å²) < 4.78 is 42.3. The maximum absolute atomic E-state index is 14.5. The third-order valence-corrected chi connectivity index (χ3v) is 8.64. The van der Waals surface area contributed by atoms with E-state index in [9.17, 15) is 22.8 Å². The van der Waals surface area contributed by atoms with E-state index in [2.05, 4.69) is 52.2 Å². The second kappa shape index (κ2) is 12.5. The quantitative estimate of drug-likeness (QED) is 0.384. The molecule has 1 amide bonds. The molecule has 1 saturated heterocycles. The van der Waals surface area contributed by atoms with Gasteiger partial charge in [-0.2, -0.15) is 0 Å². The van der Waals surface area contributed by atoms with Crippen LogP contribution < -0.4 is 10.6 Å². The van der Waals surface area contributed by atoms with Gasteiger partial charge in [0, 0.05) is 41.6 Å². The van der Waals surface area contributed by atoms with Crippen molar-refractivity contribution >= 4 is 11.7 Å². The molecule has 0 aromatic heterocycles. The van der Waals surface area contributed by atoms with Gasteiger partial charge in [-0.05, 0) is 73.4 Å².